The van der Waals surface area contributed by atoms with Gasteiger partial charge >= 0.3 is 0 Å². The van der Waals surface area contributed by atoms with Crippen LogP contribution in [-0.4, -0.2) is 4.92 Å². The summed E-state index contributed by atoms with van der Waals surface area (Å²) in [5, 5.41) is 19.8. The van der Waals surface area contributed by atoms with Crippen molar-refractivity contribution in [3.8, 4) is 11.8 Å². The molecule has 5 nitrogen and oxygen atoms in total. The van der Waals surface area contributed by atoms with Crippen molar-refractivity contribution in [3.63, 3.8) is 0 Å². The molecule has 0 atom stereocenters. The summed E-state index contributed by atoms with van der Waals surface area (Å²) in [6, 6.07) is 11.8. The van der Waals surface area contributed by atoms with Crippen LogP contribution < -0.4 is 4.74 Å². The molecule has 6 heteroatoms. The molecule has 20 heavy (non-hydrogen) atoms. The Hall–Kier alpha value is -2.94. The predicted octanol–water partition coefficient (Wildman–Crippen LogP) is 3.18. The van der Waals surface area contributed by atoms with Crippen LogP contribution in [0.4, 0.5) is 10.1 Å². The second-order valence-electron chi connectivity index (χ2n) is 3.90. The molecule has 0 aliphatic heterocycles. The summed E-state index contributed by atoms with van der Waals surface area (Å²) in [6.07, 6.45) is 0. The van der Waals surface area contributed by atoms with Crippen LogP contribution in [0.1, 0.15) is 11.1 Å². The van der Waals surface area contributed by atoms with Gasteiger partial charge in [-0.05, 0) is 12.1 Å². The maximum absolute atomic E-state index is 13.4. The van der Waals surface area contributed by atoms with Crippen LogP contribution in [-0.2, 0) is 6.61 Å². The van der Waals surface area contributed by atoms with Crippen LogP contribution in [0.5, 0.6) is 5.75 Å². The van der Waals surface area contributed by atoms with Crippen molar-refractivity contribution in [1.29, 1.82) is 5.26 Å². The van der Waals surface area contributed by atoms with Gasteiger partial charge in [-0.3, -0.25) is 10.1 Å². The lowest BCUT2D eigenvalue weighted by Crippen LogP contribution is -2.02. The zero-order valence-corrected chi connectivity index (χ0v) is 10.2. The van der Waals surface area contributed by atoms with Crippen molar-refractivity contribution in [2.75, 3.05) is 0 Å². The topological polar surface area (TPSA) is 76.2 Å². The molecule has 0 fully saturated rings. The van der Waals surface area contributed by atoms with Gasteiger partial charge in [-0.15, -0.1) is 0 Å². The summed E-state index contributed by atoms with van der Waals surface area (Å²) in [4.78, 5) is 10.2. The highest BCUT2D eigenvalue weighted by Gasteiger charge is 2.17. The molecule has 0 spiro atoms. The van der Waals surface area contributed by atoms with E-state index in [9.17, 15) is 14.5 Å². The molecule has 0 aliphatic rings. The fourth-order valence-electron chi connectivity index (χ4n) is 1.71. The lowest BCUT2D eigenvalue weighted by molar-refractivity contribution is -0.385. The number of halogens is 1. The summed E-state index contributed by atoms with van der Waals surface area (Å²) in [5.41, 5.74) is -0.0269. The van der Waals surface area contributed by atoms with Crippen molar-refractivity contribution in [3.05, 3.63) is 69.5 Å². The Labute approximate surface area is 114 Å². The first-order valence-electron chi connectivity index (χ1n) is 5.67. The molecule has 0 saturated carbocycles. The molecule has 0 unspecified atom stereocenters. The van der Waals surface area contributed by atoms with Gasteiger partial charge in [0.05, 0.1) is 4.92 Å². The molecule has 2 rings (SSSR count). The van der Waals surface area contributed by atoms with Gasteiger partial charge < -0.3 is 4.74 Å². The van der Waals surface area contributed by atoms with Crippen molar-refractivity contribution >= 4 is 5.69 Å². The standard InChI is InChI=1S/C14H9FN2O3/c15-12-5-1-2-7-14(12)20-9-10-4-3-6-13(17(18)19)11(10)8-16/h1-7H,9H2. The van der Waals surface area contributed by atoms with Gasteiger partial charge in [-0.2, -0.15) is 5.26 Å². The third-order valence-electron chi connectivity index (χ3n) is 2.66. The Morgan fingerprint density at radius 1 is 1.25 bits per heavy atom. The number of ether oxygens (including phenoxy) is 1. The van der Waals surface area contributed by atoms with Crippen LogP contribution in [0.25, 0.3) is 0 Å². The highest BCUT2D eigenvalue weighted by Crippen LogP contribution is 2.23. The number of para-hydroxylation sites is 1. The highest BCUT2D eigenvalue weighted by atomic mass is 19.1. The predicted molar refractivity (Wildman–Crippen MR) is 68.5 cm³/mol. The number of nitro groups is 1. The highest BCUT2D eigenvalue weighted by molar-refractivity contribution is 5.53. The maximum atomic E-state index is 13.4. The van der Waals surface area contributed by atoms with Gasteiger partial charge in [-0.1, -0.05) is 24.3 Å². The van der Waals surface area contributed by atoms with E-state index >= 15 is 0 Å². The monoisotopic (exact) mass is 272 g/mol. The molecule has 0 bridgehead atoms. The fourth-order valence-corrected chi connectivity index (χ4v) is 1.71. The van der Waals surface area contributed by atoms with Crippen LogP contribution >= 0.6 is 0 Å². The zero-order valence-electron chi connectivity index (χ0n) is 10.2. The molecule has 0 aromatic heterocycles. The molecular formula is C14H9FN2O3. The normalized spacial score (nSPS) is 9.80. The fraction of sp³-hybridized carbons (Fsp3) is 0.0714. The minimum absolute atomic E-state index is 0.0305. The maximum Gasteiger partial charge on any atom is 0.287 e. The van der Waals surface area contributed by atoms with Crippen LogP contribution in [0.2, 0.25) is 0 Å². The number of nitriles is 1. The molecule has 0 radical (unpaired) electrons. The number of nitrogens with zero attached hydrogens (tertiary/aromatic N) is 2. The van der Waals surface area contributed by atoms with E-state index in [2.05, 4.69) is 0 Å². The van der Waals surface area contributed by atoms with Crippen molar-refractivity contribution < 1.29 is 14.1 Å². The first-order chi connectivity index (χ1) is 9.63. The van der Waals surface area contributed by atoms with Gasteiger partial charge in [0.2, 0.25) is 0 Å². The van der Waals surface area contributed by atoms with Crippen molar-refractivity contribution in [2.24, 2.45) is 0 Å². The van der Waals surface area contributed by atoms with E-state index in [1.165, 1.54) is 36.4 Å². The zero-order chi connectivity index (χ0) is 14.5. The summed E-state index contributed by atoms with van der Waals surface area (Å²) < 4.78 is 18.6. The third-order valence-corrected chi connectivity index (χ3v) is 2.66. The number of benzene rings is 2. The summed E-state index contributed by atoms with van der Waals surface area (Å²) in [7, 11) is 0. The quantitative estimate of drug-likeness (QED) is 0.632. The average Bonchev–Trinajstić information content (AvgIpc) is 2.45. The molecular weight excluding hydrogens is 263 g/mol. The Kier molecular flexibility index (Phi) is 3.91. The van der Waals surface area contributed by atoms with E-state index in [1.807, 2.05) is 0 Å². The summed E-state index contributed by atoms with van der Waals surface area (Å²) >= 11 is 0. The van der Waals surface area contributed by atoms with Gasteiger partial charge in [0.25, 0.3) is 5.69 Å². The molecule has 2 aromatic rings. The molecule has 0 heterocycles. The third kappa shape index (κ3) is 2.72. The van der Waals surface area contributed by atoms with E-state index in [1.54, 1.807) is 12.1 Å². The van der Waals surface area contributed by atoms with Crippen molar-refractivity contribution in [1.82, 2.24) is 0 Å². The van der Waals surface area contributed by atoms with E-state index in [0.29, 0.717) is 5.56 Å². The van der Waals surface area contributed by atoms with Crippen LogP contribution in [0.3, 0.4) is 0 Å². The number of hydrogen-bond acceptors (Lipinski definition) is 4. The van der Waals surface area contributed by atoms with Crippen LogP contribution in [0.15, 0.2) is 42.5 Å². The van der Waals surface area contributed by atoms with Gasteiger partial charge in [0, 0.05) is 11.6 Å². The first kappa shape index (κ1) is 13.5. The number of nitro benzene ring substituents is 1. The second-order valence-corrected chi connectivity index (χ2v) is 3.90. The smallest absolute Gasteiger partial charge is 0.287 e. The van der Waals surface area contributed by atoms with E-state index < -0.39 is 10.7 Å². The molecule has 100 valence electrons. The molecule has 0 saturated heterocycles. The minimum Gasteiger partial charge on any atom is -0.486 e. The molecule has 0 amide bonds. The Morgan fingerprint density at radius 2 is 2.00 bits per heavy atom. The molecule has 2 aromatic carbocycles. The van der Waals surface area contributed by atoms with E-state index in [4.69, 9.17) is 10.00 Å². The number of rotatable bonds is 4. The Morgan fingerprint density at radius 3 is 2.65 bits per heavy atom. The Balaban J connectivity index is 2.27. The first-order valence-corrected chi connectivity index (χ1v) is 5.67. The Bertz CT molecular complexity index is 695. The van der Waals surface area contributed by atoms with Gasteiger partial charge in [0.15, 0.2) is 11.6 Å². The number of hydrogen-bond donors (Lipinski definition) is 0. The lowest BCUT2D eigenvalue weighted by Gasteiger charge is -2.08. The molecule has 0 N–H and O–H groups in total. The summed E-state index contributed by atoms with van der Waals surface area (Å²) in [5.74, 6) is -0.501. The van der Waals surface area contributed by atoms with E-state index in [0.717, 1.165) is 0 Å². The van der Waals surface area contributed by atoms with Crippen molar-refractivity contribution in [2.45, 2.75) is 6.61 Å². The summed E-state index contributed by atoms with van der Waals surface area (Å²) in [6.45, 7) is -0.120. The van der Waals surface area contributed by atoms with Crippen LogP contribution in [0, 0.1) is 27.3 Å². The lowest BCUT2D eigenvalue weighted by atomic mass is 10.1. The largest absolute Gasteiger partial charge is 0.486 e. The van der Waals surface area contributed by atoms with Gasteiger partial charge in [0.1, 0.15) is 18.2 Å². The van der Waals surface area contributed by atoms with Gasteiger partial charge in [-0.25, -0.2) is 4.39 Å². The molecule has 0 aliphatic carbocycles. The van der Waals surface area contributed by atoms with E-state index in [-0.39, 0.29) is 23.6 Å². The average molecular weight is 272 g/mol. The SMILES string of the molecule is N#Cc1c(COc2ccccc2F)cccc1[N+](=O)[O-]. The second kappa shape index (κ2) is 5.80. The minimum atomic E-state index is -0.634.